The summed E-state index contributed by atoms with van der Waals surface area (Å²) in [4.78, 5) is 23.2. The second-order valence-corrected chi connectivity index (χ2v) is 6.12. The number of alkyl carbamates (subject to hydrolysis) is 1. The molecule has 3 atom stereocenters. The Morgan fingerprint density at radius 3 is 2.65 bits per heavy atom. The summed E-state index contributed by atoms with van der Waals surface area (Å²) in [6.45, 7) is 7.38. The third kappa shape index (κ3) is 7.35. The van der Waals surface area contributed by atoms with E-state index in [9.17, 15) is 14.7 Å². The van der Waals surface area contributed by atoms with Crippen LogP contribution in [0.15, 0.2) is 25.3 Å². The van der Waals surface area contributed by atoms with Gasteiger partial charge in [-0.05, 0) is 50.9 Å². The molecule has 0 radical (unpaired) electrons. The van der Waals surface area contributed by atoms with E-state index in [4.69, 9.17) is 4.74 Å². The summed E-state index contributed by atoms with van der Waals surface area (Å²) in [5.74, 6) is -0.708. The predicted molar refractivity (Wildman–Crippen MR) is 90.3 cm³/mol. The Hall–Kier alpha value is -1.78. The van der Waals surface area contributed by atoms with E-state index in [1.807, 2.05) is 12.2 Å². The Morgan fingerprint density at radius 1 is 1.22 bits per heavy atom. The number of rotatable bonds is 11. The van der Waals surface area contributed by atoms with Crippen molar-refractivity contribution in [3.05, 3.63) is 25.3 Å². The van der Waals surface area contributed by atoms with Crippen LogP contribution in [-0.4, -0.2) is 29.3 Å². The fourth-order valence-electron chi connectivity index (χ4n) is 3.03. The van der Waals surface area contributed by atoms with Gasteiger partial charge in [-0.15, -0.1) is 13.2 Å². The van der Waals surface area contributed by atoms with E-state index in [0.29, 0.717) is 12.3 Å². The zero-order valence-electron chi connectivity index (χ0n) is 13.8. The predicted octanol–water partition coefficient (Wildman–Crippen LogP) is 4.05. The van der Waals surface area contributed by atoms with Crippen molar-refractivity contribution < 1.29 is 19.4 Å². The number of nitrogens with one attached hydrogen (secondary N) is 1. The van der Waals surface area contributed by atoms with Crippen LogP contribution < -0.4 is 5.32 Å². The van der Waals surface area contributed by atoms with Gasteiger partial charge in [0.1, 0.15) is 12.1 Å². The average Bonchev–Trinajstić information content (AvgIpc) is 2.93. The summed E-state index contributed by atoms with van der Waals surface area (Å²) in [5, 5.41) is 11.7. The Kier molecular flexibility index (Phi) is 9.10. The third-order valence-electron chi connectivity index (χ3n) is 4.31. The molecule has 0 spiro atoms. The first-order chi connectivity index (χ1) is 11.1. The summed E-state index contributed by atoms with van der Waals surface area (Å²) < 4.78 is 5.43. The van der Waals surface area contributed by atoms with Gasteiger partial charge in [0.15, 0.2) is 0 Å². The average molecular weight is 323 g/mol. The number of ether oxygens (including phenoxy) is 1. The Labute approximate surface area is 138 Å². The number of carboxylic acids is 1. The highest BCUT2D eigenvalue weighted by atomic mass is 16.6. The highest BCUT2D eigenvalue weighted by molar-refractivity contribution is 5.79. The Bertz CT molecular complexity index is 408. The lowest BCUT2D eigenvalue weighted by molar-refractivity contribution is -0.139. The fourth-order valence-corrected chi connectivity index (χ4v) is 3.03. The van der Waals surface area contributed by atoms with Gasteiger partial charge in [0.25, 0.3) is 0 Å². The molecule has 0 aromatic rings. The first-order valence-corrected chi connectivity index (χ1v) is 8.50. The van der Waals surface area contributed by atoms with Crippen LogP contribution in [0.4, 0.5) is 4.79 Å². The van der Waals surface area contributed by atoms with E-state index in [1.54, 1.807) is 0 Å². The quantitative estimate of drug-likeness (QED) is 0.444. The molecule has 130 valence electrons. The zero-order chi connectivity index (χ0) is 17.1. The van der Waals surface area contributed by atoms with Crippen LogP contribution in [0.2, 0.25) is 0 Å². The molecule has 0 saturated heterocycles. The second-order valence-electron chi connectivity index (χ2n) is 6.12. The molecule has 1 rings (SSSR count). The van der Waals surface area contributed by atoms with E-state index < -0.39 is 18.1 Å². The monoisotopic (exact) mass is 323 g/mol. The van der Waals surface area contributed by atoms with Crippen molar-refractivity contribution in [2.45, 2.75) is 69.9 Å². The Balaban J connectivity index is 2.36. The number of hydrogen-bond donors (Lipinski definition) is 2. The highest BCUT2D eigenvalue weighted by Gasteiger charge is 2.30. The van der Waals surface area contributed by atoms with Gasteiger partial charge >= 0.3 is 12.1 Å². The lowest BCUT2D eigenvalue weighted by Crippen LogP contribution is -2.42. The topological polar surface area (TPSA) is 75.6 Å². The van der Waals surface area contributed by atoms with Crippen LogP contribution in [-0.2, 0) is 9.53 Å². The molecule has 1 aliphatic rings. The molecule has 1 aliphatic carbocycles. The number of aliphatic carboxylic acids is 1. The number of unbranched alkanes of at least 4 members (excludes halogenated alkanes) is 3. The number of hydrogen-bond acceptors (Lipinski definition) is 3. The molecular formula is C18H29NO4. The maximum Gasteiger partial charge on any atom is 0.408 e. The number of carbonyl (C=O) groups is 2. The van der Waals surface area contributed by atoms with E-state index in [2.05, 4.69) is 18.5 Å². The zero-order valence-corrected chi connectivity index (χ0v) is 13.8. The first-order valence-electron chi connectivity index (χ1n) is 8.50. The molecule has 23 heavy (non-hydrogen) atoms. The van der Waals surface area contributed by atoms with Gasteiger partial charge in [0.05, 0.1) is 0 Å². The van der Waals surface area contributed by atoms with Crippen molar-refractivity contribution in [3.8, 4) is 0 Å². The SMILES string of the molecule is C=CCCCCC[C@H](NC(=O)O[C@@H]1CCC[C@H]1CC=C)C(=O)O. The van der Waals surface area contributed by atoms with Crippen molar-refractivity contribution in [1.29, 1.82) is 0 Å². The highest BCUT2D eigenvalue weighted by Crippen LogP contribution is 2.31. The van der Waals surface area contributed by atoms with E-state index in [1.165, 1.54) is 0 Å². The fraction of sp³-hybridized carbons (Fsp3) is 0.667. The number of amides is 1. The maximum atomic E-state index is 12.0. The molecule has 5 heteroatoms. The minimum atomic E-state index is -1.01. The molecule has 1 amide bonds. The molecule has 1 fully saturated rings. The van der Waals surface area contributed by atoms with Crippen molar-refractivity contribution >= 4 is 12.1 Å². The van der Waals surface area contributed by atoms with E-state index >= 15 is 0 Å². The van der Waals surface area contributed by atoms with Crippen LogP contribution in [0, 0.1) is 5.92 Å². The Morgan fingerprint density at radius 2 is 2.00 bits per heavy atom. The standard InChI is InChI=1S/C18H29NO4/c1-3-5-6-7-8-12-15(17(20)21)19-18(22)23-16-13-9-11-14(16)10-4-2/h3-4,14-16H,1-2,5-13H2,(H,19,22)(H,20,21)/t14-,15+,16-/m1/s1. The van der Waals surface area contributed by atoms with Crippen LogP contribution in [0.1, 0.15) is 57.8 Å². The van der Waals surface area contributed by atoms with Gasteiger partial charge in [-0.3, -0.25) is 0 Å². The van der Waals surface area contributed by atoms with Crippen LogP contribution in [0.5, 0.6) is 0 Å². The summed E-state index contributed by atoms with van der Waals surface area (Å²) in [5.41, 5.74) is 0. The van der Waals surface area contributed by atoms with Crippen molar-refractivity contribution in [2.75, 3.05) is 0 Å². The van der Waals surface area contributed by atoms with Gasteiger partial charge in [-0.2, -0.15) is 0 Å². The molecule has 5 nitrogen and oxygen atoms in total. The number of carbonyl (C=O) groups excluding carboxylic acids is 1. The van der Waals surface area contributed by atoms with Gasteiger partial charge in [-0.25, -0.2) is 9.59 Å². The lowest BCUT2D eigenvalue weighted by atomic mass is 10.0. The summed E-state index contributed by atoms with van der Waals surface area (Å²) >= 11 is 0. The first kappa shape index (κ1) is 19.3. The smallest absolute Gasteiger partial charge is 0.408 e. The summed E-state index contributed by atoms with van der Waals surface area (Å²) in [7, 11) is 0. The van der Waals surface area contributed by atoms with Gasteiger partial charge in [0, 0.05) is 0 Å². The molecule has 0 aromatic heterocycles. The molecule has 1 saturated carbocycles. The molecule has 0 heterocycles. The van der Waals surface area contributed by atoms with E-state index in [-0.39, 0.29) is 6.10 Å². The summed E-state index contributed by atoms with van der Waals surface area (Å²) in [6, 6.07) is -0.884. The van der Waals surface area contributed by atoms with Crippen LogP contribution in [0.25, 0.3) is 0 Å². The number of carboxylic acid groups (broad SMARTS) is 1. The lowest BCUT2D eigenvalue weighted by Gasteiger charge is -2.21. The van der Waals surface area contributed by atoms with E-state index in [0.717, 1.165) is 51.4 Å². The third-order valence-corrected chi connectivity index (χ3v) is 4.31. The van der Waals surface area contributed by atoms with Crippen molar-refractivity contribution in [1.82, 2.24) is 5.32 Å². The van der Waals surface area contributed by atoms with Crippen LogP contribution in [0.3, 0.4) is 0 Å². The largest absolute Gasteiger partial charge is 0.480 e. The summed E-state index contributed by atoms with van der Waals surface area (Å²) in [6.07, 6.45) is 10.7. The molecule has 0 aromatic carbocycles. The van der Waals surface area contributed by atoms with Crippen molar-refractivity contribution in [3.63, 3.8) is 0 Å². The molecule has 0 bridgehead atoms. The van der Waals surface area contributed by atoms with Gasteiger partial charge < -0.3 is 15.2 Å². The molecule has 0 unspecified atom stereocenters. The molecular weight excluding hydrogens is 294 g/mol. The maximum absolute atomic E-state index is 12.0. The molecule has 0 aliphatic heterocycles. The van der Waals surface area contributed by atoms with Gasteiger partial charge in [-0.1, -0.05) is 25.0 Å². The number of allylic oxidation sites excluding steroid dienone is 2. The normalized spacial score (nSPS) is 21.4. The molecule has 2 N–H and O–H groups in total. The second kappa shape index (κ2) is 10.9. The van der Waals surface area contributed by atoms with Crippen molar-refractivity contribution in [2.24, 2.45) is 5.92 Å². The van der Waals surface area contributed by atoms with Gasteiger partial charge in [0.2, 0.25) is 0 Å². The minimum absolute atomic E-state index is 0.130. The van der Waals surface area contributed by atoms with Crippen LogP contribution >= 0.6 is 0 Å². The minimum Gasteiger partial charge on any atom is -0.480 e.